The van der Waals surface area contributed by atoms with E-state index in [1.165, 1.54) is 5.56 Å². The number of halogens is 1. The van der Waals surface area contributed by atoms with Crippen LogP contribution in [0.1, 0.15) is 23.7 Å². The number of aryl methyl sites for hydroxylation is 1. The van der Waals surface area contributed by atoms with E-state index >= 15 is 0 Å². The Morgan fingerprint density at radius 3 is 3.00 bits per heavy atom. The van der Waals surface area contributed by atoms with Gasteiger partial charge in [-0.3, -0.25) is 0 Å². The molecule has 3 heteroatoms. The third-order valence-corrected chi connectivity index (χ3v) is 3.07. The Labute approximate surface area is 85.9 Å². The lowest BCUT2D eigenvalue weighted by atomic mass is 9.86. The van der Waals surface area contributed by atoms with E-state index in [0.29, 0.717) is 0 Å². The van der Waals surface area contributed by atoms with Gasteiger partial charge >= 0.3 is 0 Å². The maximum Gasteiger partial charge on any atom is 0.0944 e. The fourth-order valence-electron chi connectivity index (χ4n) is 1.78. The van der Waals surface area contributed by atoms with E-state index in [1.54, 1.807) is 0 Å². The highest BCUT2D eigenvalue weighted by Crippen LogP contribution is 2.30. The first-order valence-corrected chi connectivity index (χ1v) is 5.20. The molecular weight excluding hydrogens is 230 g/mol. The summed E-state index contributed by atoms with van der Waals surface area (Å²) in [6, 6.07) is 5.90. The van der Waals surface area contributed by atoms with Crippen LogP contribution in [0, 0.1) is 0 Å². The normalized spacial score (nSPS) is 27.0. The largest absolute Gasteiger partial charge is 0.387 e. The van der Waals surface area contributed by atoms with Gasteiger partial charge in [-0.2, -0.15) is 0 Å². The molecule has 1 aliphatic carbocycles. The Balaban J connectivity index is 2.45. The Hall–Kier alpha value is -0.380. The number of hydrogen-bond donors (Lipinski definition) is 2. The van der Waals surface area contributed by atoms with E-state index < -0.39 is 6.10 Å². The van der Waals surface area contributed by atoms with Crippen molar-refractivity contribution in [3.05, 3.63) is 33.8 Å². The summed E-state index contributed by atoms with van der Waals surface area (Å²) >= 11 is 3.39. The lowest BCUT2D eigenvalue weighted by Crippen LogP contribution is -2.32. The van der Waals surface area contributed by atoms with E-state index in [9.17, 15) is 5.11 Å². The number of hydrogen-bond acceptors (Lipinski definition) is 2. The second-order valence-corrected chi connectivity index (χ2v) is 4.41. The van der Waals surface area contributed by atoms with Crippen molar-refractivity contribution in [2.24, 2.45) is 5.73 Å². The molecule has 0 aromatic heterocycles. The second-order valence-electron chi connectivity index (χ2n) is 3.49. The molecule has 0 amide bonds. The molecule has 0 radical (unpaired) electrons. The minimum absolute atomic E-state index is 0.109. The van der Waals surface area contributed by atoms with Gasteiger partial charge in [-0.15, -0.1) is 0 Å². The molecule has 1 aliphatic rings. The van der Waals surface area contributed by atoms with Crippen molar-refractivity contribution in [2.75, 3.05) is 0 Å². The summed E-state index contributed by atoms with van der Waals surface area (Å²) in [6.07, 6.45) is 1.35. The van der Waals surface area contributed by atoms with Crippen LogP contribution < -0.4 is 5.73 Å². The summed E-state index contributed by atoms with van der Waals surface area (Å²) < 4.78 is 0.999. The number of fused-ring (bicyclic) bond motifs is 1. The smallest absolute Gasteiger partial charge is 0.0944 e. The summed E-state index contributed by atoms with van der Waals surface area (Å²) in [6.45, 7) is 0. The van der Waals surface area contributed by atoms with E-state index in [-0.39, 0.29) is 6.04 Å². The summed E-state index contributed by atoms with van der Waals surface area (Å²) in [5.74, 6) is 0. The molecule has 0 spiro atoms. The quantitative estimate of drug-likeness (QED) is 0.728. The molecule has 70 valence electrons. The average Bonchev–Trinajstić information content (AvgIpc) is 2.12. The van der Waals surface area contributed by atoms with E-state index in [4.69, 9.17) is 5.73 Å². The molecule has 0 aliphatic heterocycles. The minimum Gasteiger partial charge on any atom is -0.387 e. The average molecular weight is 242 g/mol. The van der Waals surface area contributed by atoms with Gasteiger partial charge in [0.2, 0.25) is 0 Å². The number of aliphatic hydroxyl groups is 1. The lowest BCUT2D eigenvalue weighted by Gasteiger charge is -2.27. The molecule has 2 atom stereocenters. The maximum atomic E-state index is 9.81. The third kappa shape index (κ3) is 1.64. The SMILES string of the molecule is N[C@H]1CCc2ccc(Br)cc2[C@@H]1O. The zero-order valence-electron chi connectivity index (χ0n) is 7.20. The van der Waals surface area contributed by atoms with Crippen molar-refractivity contribution in [3.8, 4) is 0 Å². The van der Waals surface area contributed by atoms with Gasteiger partial charge in [-0.05, 0) is 36.1 Å². The van der Waals surface area contributed by atoms with Gasteiger partial charge in [0.1, 0.15) is 0 Å². The molecule has 1 aromatic carbocycles. The predicted octanol–water partition coefficient (Wildman–Crippen LogP) is 1.76. The van der Waals surface area contributed by atoms with Crippen molar-refractivity contribution in [1.82, 2.24) is 0 Å². The highest BCUT2D eigenvalue weighted by molar-refractivity contribution is 9.10. The molecule has 1 aromatic rings. The van der Waals surface area contributed by atoms with Crippen LogP contribution in [0.4, 0.5) is 0 Å². The summed E-state index contributed by atoms with van der Waals surface area (Å²) in [5.41, 5.74) is 7.98. The van der Waals surface area contributed by atoms with E-state index in [1.807, 2.05) is 12.1 Å². The standard InChI is InChI=1S/C10H12BrNO/c11-7-3-1-6-2-4-9(12)10(13)8(6)5-7/h1,3,5,9-10,13H,2,4,12H2/t9-,10-/m0/s1. The maximum absolute atomic E-state index is 9.81. The monoisotopic (exact) mass is 241 g/mol. The lowest BCUT2D eigenvalue weighted by molar-refractivity contribution is 0.134. The van der Waals surface area contributed by atoms with Gasteiger partial charge in [-0.1, -0.05) is 22.0 Å². The number of aliphatic hydroxyl groups excluding tert-OH is 1. The van der Waals surface area contributed by atoms with Gasteiger partial charge in [0, 0.05) is 10.5 Å². The van der Waals surface area contributed by atoms with Crippen molar-refractivity contribution in [2.45, 2.75) is 25.0 Å². The molecule has 0 unspecified atom stereocenters. The Bertz CT molecular complexity index is 327. The van der Waals surface area contributed by atoms with Crippen LogP contribution in [0.2, 0.25) is 0 Å². The van der Waals surface area contributed by atoms with Crippen LogP contribution in [0.15, 0.2) is 22.7 Å². The van der Waals surface area contributed by atoms with E-state index in [2.05, 4.69) is 22.0 Å². The Morgan fingerprint density at radius 1 is 1.46 bits per heavy atom. The first kappa shape index (κ1) is 9.19. The molecule has 0 heterocycles. The molecular formula is C10H12BrNO. The van der Waals surface area contributed by atoms with Gasteiger partial charge in [0.15, 0.2) is 0 Å². The highest BCUT2D eigenvalue weighted by Gasteiger charge is 2.24. The Kier molecular flexibility index (Phi) is 2.41. The van der Waals surface area contributed by atoms with Gasteiger partial charge in [-0.25, -0.2) is 0 Å². The first-order chi connectivity index (χ1) is 6.18. The number of benzene rings is 1. The fraction of sp³-hybridized carbons (Fsp3) is 0.400. The molecule has 0 saturated heterocycles. The van der Waals surface area contributed by atoms with Crippen LogP contribution in [-0.2, 0) is 6.42 Å². The number of rotatable bonds is 0. The van der Waals surface area contributed by atoms with Crippen LogP contribution >= 0.6 is 15.9 Å². The second kappa shape index (κ2) is 3.40. The van der Waals surface area contributed by atoms with Crippen molar-refractivity contribution < 1.29 is 5.11 Å². The van der Waals surface area contributed by atoms with Crippen molar-refractivity contribution in [1.29, 1.82) is 0 Å². The van der Waals surface area contributed by atoms with Gasteiger partial charge < -0.3 is 10.8 Å². The molecule has 2 rings (SSSR count). The Morgan fingerprint density at radius 2 is 2.23 bits per heavy atom. The number of nitrogens with two attached hydrogens (primary N) is 1. The third-order valence-electron chi connectivity index (χ3n) is 2.58. The zero-order chi connectivity index (χ0) is 9.42. The van der Waals surface area contributed by atoms with Crippen LogP contribution in [0.25, 0.3) is 0 Å². The highest BCUT2D eigenvalue weighted by atomic mass is 79.9. The molecule has 2 nitrogen and oxygen atoms in total. The first-order valence-electron chi connectivity index (χ1n) is 4.40. The fourth-order valence-corrected chi connectivity index (χ4v) is 2.16. The van der Waals surface area contributed by atoms with Gasteiger partial charge in [0.25, 0.3) is 0 Å². The molecule has 13 heavy (non-hydrogen) atoms. The molecule has 0 fully saturated rings. The predicted molar refractivity (Wildman–Crippen MR) is 55.4 cm³/mol. The zero-order valence-corrected chi connectivity index (χ0v) is 8.79. The summed E-state index contributed by atoms with van der Waals surface area (Å²) in [7, 11) is 0. The summed E-state index contributed by atoms with van der Waals surface area (Å²) in [5, 5.41) is 9.81. The molecule has 0 bridgehead atoms. The molecule has 0 saturated carbocycles. The molecule has 3 N–H and O–H groups in total. The minimum atomic E-state index is -0.499. The van der Waals surface area contributed by atoms with Crippen LogP contribution in [0.5, 0.6) is 0 Å². The van der Waals surface area contributed by atoms with Gasteiger partial charge in [0.05, 0.1) is 6.10 Å². The van der Waals surface area contributed by atoms with Crippen LogP contribution in [-0.4, -0.2) is 11.1 Å². The van der Waals surface area contributed by atoms with Crippen molar-refractivity contribution in [3.63, 3.8) is 0 Å². The summed E-state index contributed by atoms with van der Waals surface area (Å²) in [4.78, 5) is 0. The topological polar surface area (TPSA) is 46.2 Å². The van der Waals surface area contributed by atoms with Crippen molar-refractivity contribution >= 4 is 15.9 Å². The van der Waals surface area contributed by atoms with E-state index in [0.717, 1.165) is 22.9 Å². The van der Waals surface area contributed by atoms with Crippen LogP contribution in [0.3, 0.4) is 0 Å².